The maximum atomic E-state index is 12.2. The number of ether oxygens (including phenoxy) is 1. The van der Waals surface area contributed by atoms with Crippen LogP contribution in [0.2, 0.25) is 5.02 Å². The fraction of sp³-hybridized carbons (Fsp3) is 0.419. The second kappa shape index (κ2) is 14.2. The second-order valence-corrected chi connectivity index (χ2v) is 9.99. The molecule has 0 amide bonds. The Balaban J connectivity index is 2.26. The molecule has 0 fully saturated rings. The lowest BCUT2D eigenvalue weighted by Crippen LogP contribution is -2.31. The summed E-state index contributed by atoms with van der Waals surface area (Å²) in [6.07, 6.45) is 2.15. The van der Waals surface area contributed by atoms with Crippen molar-refractivity contribution >= 4 is 34.3 Å². The molecule has 0 heterocycles. The molecule has 0 aliphatic heterocycles. The van der Waals surface area contributed by atoms with Gasteiger partial charge in [-0.1, -0.05) is 43.3 Å². The van der Waals surface area contributed by atoms with Gasteiger partial charge in [0.2, 0.25) is 0 Å². The molecule has 0 radical (unpaired) electrons. The highest BCUT2D eigenvalue weighted by Crippen LogP contribution is 2.35. The van der Waals surface area contributed by atoms with Gasteiger partial charge in [0, 0.05) is 18.0 Å². The van der Waals surface area contributed by atoms with E-state index in [2.05, 4.69) is 25.3 Å². The van der Waals surface area contributed by atoms with Gasteiger partial charge in [0.15, 0.2) is 0 Å². The fourth-order valence-corrected chi connectivity index (χ4v) is 4.49. The van der Waals surface area contributed by atoms with Gasteiger partial charge in [0.1, 0.15) is 17.3 Å². The van der Waals surface area contributed by atoms with Gasteiger partial charge in [-0.05, 0) is 111 Å². The number of carbonyl (C=O) groups excluding carboxylic acids is 2. The van der Waals surface area contributed by atoms with Gasteiger partial charge >= 0.3 is 0 Å². The Hall–Kier alpha value is -2.69. The smallest absolute Gasteiger partial charge is 0.143 e. The Morgan fingerprint density at radius 1 is 0.972 bits per heavy atom. The van der Waals surface area contributed by atoms with E-state index in [0.717, 1.165) is 70.7 Å². The van der Waals surface area contributed by atoms with E-state index < -0.39 is 0 Å². The highest BCUT2D eigenvalue weighted by molar-refractivity contribution is 6.31. The molecule has 0 saturated heterocycles. The molecule has 4 nitrogen and oxygen atoms in total. The molecule has 0 spiro atoms. The van der Waals surface area contributed by atoms with Gasteiger partial charge in [0.25, 0.3) is 0 Å². The first-order valence-electron chi connectivity index (χ1n) is 12.6. The van der Waals surface area contributed by atoms with Crippen LogP contribution >= 0.6 is 11.6 Å². The monoisotopic (exact) mass is 509 g/mol. The summed E-state index contributed by atoms with van der Waals surface area (Å²) >= 11 is 6.37. The molecule has 5 heteroatoms. The van der Waals surface area contributed by atoms with E-state index in [-0.39, 0.29) is 11.6 Å². The van der Waals surface area contributed by atoms with Crippen LogP contribution in [0.25, 0.3) is 11.1 Å². The Labute approximate surface area is 222 Å². The maximum Gasteiger partial charge on any atom is 0.143 e. The molecule has 0 N–H and O–H groups in total. The van der Waals surface area contributed by atoms with Crippen molar-refractivity contribution in [2.45, 2.75) is 60.8 Å². The number of aryl methyl sites for hydroxylation is 2. The van der Waals surface area contributed by atoms with Crippen molar-refractivity contribution in [3.63, 3.8) is 0 Å². The first-order chi connectivity index (χ1) is 17.0. The molecular formula is C31H40ClNO3. The van der Waals surface area contributed by atoms with Gasteiger partial charge in [-0.15, -0.1) is 0 Å². The molecule has 0 aliphatic rings. The summed E-state index contributed by atoms with van der Waals surface area (Å²) in [5, 5.41) is 0.681. The van der Waals surface area contributed by atoms with Crippen LogP contribution in [0.4, 0.5) is 0 Å². The second-order valence-electron chi connectivity index (χ2n) is 9.58. The lowest BCUT2D eigenvalue weighted by molar-refractivity contribution is -0.118. The Bertz CT molecular complexity index is 1130. The number of allylic oxidation sites excluding steroid dienone is 3. The van der Waals surface area contributed by atoms with Crippen LogP contribution in [0, 0.1) is 13.8 Å². The number of hydrogen-bond acceptors (Lipinski definition) is 4. The minimum atomic E-state index is 0.0796. The topological polar surface area (TPSA) is 46.6 Å². The average molecular weight is 510 g/mol. The van der Waals surface area contributed by atoms with Crippen molar-refractivity contribution in [3.05, 3.63) is 75.8 Å². The van der Waals surface area contributed by atoms with Crippen molar-refractivity contribution in [3.8, 4) is 5.75 Å². The lowest BCUT2D eigenvalue weighted by atomic mass is 9.87. The highest BCUT2D eigenvalue weighted by Gasteiger charge is 2.16. The first kappa shape index (κ1) is 29.5. The highest BCUT2D eigenvalue weighted by atomic mass is 35.5. The van der Waals surface area contributed by atoms with E-state index in [9.17, 15) is 9.59 Å². The summed E-state index contributed by atoms with van der Waals surface area (Å²) in [5.41, 5.74) is 6.76. The van der Waals surface area contributed by atoms with E-state index in [1.807, 2.05) is 50.2 Å². The van der Waals surface area contributed by atoms with Gasteiger partial charge in [-0.3, -0.25) is 14.5 Å². The van der Waals surface area contributed by atoms with E-state index in [1.54, 1.807) is 13.8 Å². The molecule has 0 unspecified atom stereocenters. The third kappa shape index (κ3) is 8.76. The van der Waals surface area contributed by atoms with Crippen molar-refractivity contribution in [2.24, 2.45) is 0 Å². The minimum Gasteiger partial charge on any atom is -0.494 e. The Morgan fingerprint density at radius 2 is 1.67 bits per heavy atom. The normalized spacial score (nSPS) is 11.9. The summed E-state index contributed by atoms with van der Waals surface area (Å²) in [6, 6.07) is 11.9. The Kier molecular flexibility index (Phi) is 11.6. The molecule has 2 aromatic carbocycles. The van der Waals surface area contributed by atoms with Gasteiger partial charge in [-0.2, -0.15) is 0 Å². The van der Waals surface area contributed by atoms with Crippen LogP contribution < -0.4 is 4.74 Å². The minimum absolute atomic E-state index is 0.0796. The largest absolute Gasteiger partial charge is 0.494 e. The molecule has 2 aromatic rings. The zero-order chi connectivity index (χ0) is 26.8. The zero-order valence-corrected chi connectivity index (χ0v) is 23.4. The average Bonchev–Trinajstić information content (AvgIpc) is 2.81. The van der Waals surface area contributed by atoms with E-state index in [4.69, 9.17) is 16.3 Å². The summed E-state index contributed by atoms with van der Waals surface area (Å²) < 4.78 is 6.08. The van der Waals surface area contributed by atoms with E-state index in [1.165, 1.54) is 0 Å². The molecule has 0 saturated carbocycles. The molecule has 194 valence electrons. The molecule has 36 heavy (non-hydrogen) atoms. The number of carbonyl (C=O) groups is 2. The number of benzene rings is 2. The summed E-state index contributed by atoms with van der Waals surface area (Å²) in [4.78, 5) is 25.9. The van der Waals surface area contributed by atoms with Crippen molar-refractivity contribution in [1.82, 2.24) is 4.90 Å². The maximum absolute atomic E-state index is 12.2. The predicted octanol–water partition coefficient (Wildman–Crippen LogP) is 7.49. The van der Waals surface area contributed by atoms with Crippen LogP contribution in [-0.4, -0.2) is 42.7 Å². The van der Waals surface area contributed by atoms with Crippen LogP contribution in [0.1, 0.15) is 69.2 Å². The van der Waals surface area contributed by atoms with Crippen LogP contribution in [-0.2, 0) is 9.59 Å². The van der Waals surface area contributed by atoms with E-state index >= 15 is 0 Å². The molecule has 0 aliphatic carbocycles. The first-order valence-corrected chi connectivity index (χ1v) is 13.0. The standard InChI is InChI=1S/C31H40ClNO3/c1-8-14-33(20-24(5)35)15-9-16-36-28-13-11-21(2)29(19-28)26(7)30(17-23(4)34)25(6)27-12-10-22(3)31(32)18-27/h10-13,18-19H,6,8-9,14-17,20H2,1-5,7H3/b30-26-. The fourth-order valence-electron chi connectivity index (χ4n) is 4.31. The number of nitrogens with zero attached hydrogens (tertiary/aromatic N) is 1. The third-order valence-electron chi connectivity index (χ3n) is 6.25. The number of ketones is 2. The molecule has 2 rings (SSSR count). The van der Waals surface area contributed by atoms with Crippen molar-refractivity contribution < 1.29 is 14.3 Å². The zero-order valence-electron chi connectivity index (χ0n) is 22.7. The lowest BCUT2D eigenvalue weighted by Gasteiger charge is -2.20. The number of Topliss-reactive ketones (excluding diaryl/α,β-unsaturated/α-hetero) is 2. The van der Waals surface area contributed by atoms with Gasteiger partial charge < -0.3 is 4.74 Å². The van der Waals surface area contributed by atoms with Crippen molar-refractivity contribution in [1.29, 1.82) is 0 Å². The Morgan fingerprint density at radius 3 is 2.28 bits per heavy atom. The molecule has 0 aromatic heterocycles. The predicted molar refractivity (Wildman–Crippen MR) is 152 cm³/mol. The number of rotatable bonds is 14. The summed E-state index contributed by atoms with van der Waals surface area (Å²) in [5.74, 6) is 1.05. The third-order valence-corrected chi connectivity index (χ3v) is 6.66. The van der Waals surface area contributed by atoms with Crippen molar-refractivity contribution in [2.75, 3.05) is 26.2 Å². The quantitative estimate of drug-likeness (QED) is 0.195. The van der Waals surface area contributed by atoms with Crippen LogP contribution in [0.5, 0.6) is 5.75 Å². The number of hydrogen-bond donors (Lipinski definition) is 0. The molecule has 0 bridgehead atoms. The van der Waals surface area contributed by atoms with Gasteiger partial charge in [-0.25, -0.2) is 0 Å². The number of halogens is 1. The van der Waals surface area contributed by atoms with Crippen LogP contribution in [0.3, 0.4) is 0 Å². The molecular weight excluding hydrogens is 470 g/mol. The van der Waals surface area contributed by atoms with Crippen LogP contribution in [0.15, 0.2) is 48.6 Å². The summed E-state index contributed by atoms with van der Waals surface area (Å²) in [7, 11) is 0. The SMILES string of the molecule is C=C(/C(CC(C)=O)=C(/C)c1cc(OCCCN(CCC)CC(C)=O)ccc1C)c1ccc(C)c(Cl)c1. The van der Waals surface area contributed by atoms with Gasteiger partial charge in [0.05, 0.1) is 13.2 Å². The molecule has 0 atom stereocenters. The summed E-state index contributed by atoms with van der Waals surface area (Å²) in [6.45, 7) is 18.5. The van der Waals surface area contributed by atoms with E-state index in [0.29, 0.717) is 24.6 Å².